The molecule has 0 aliphatic heterocycles. The quantitative estimate of drug-likeness (QED) is 0.0459. The van der Waals surface area contributed by atoms with Crippen molar-refractivity contribution < 1.29 is 58.8 Å². The summed E-state index contributed by atoms with van der Waals surface area (Å²) in [5, 5.41) is 47.7. The van der Waals surface area contributed by atoms with Gasteiger partial charge in [0.25, 0.3) is 0 Å². The minimum absolute atomic E-state index is 0.225. The van der Waals surface area contributed by atoms with Crippen molar-refractivity contribution in [2.24, 2.45) is 17.2 Å². The van der Waals surface area contributed by atoms with Crippen LogP contribution in [0, 0.1) is 0 Å². The van der Waals surface area contributed by atoms with Crippen LogP contribution in [-0.2, 0) is 38.4 Å². The van der Waals surface area contributed by atoms with E-state index >= 15 is 0 Å². The Morgan fingerprint density at radius 2 is 1.09 bits per heavy atom. The summed E-state index contributed by atoms with van der Waals surface area (Å²) in [6.07, 6.45) is -0.225. The molecule has 20 nitrogen and oxygen atoms in total. The molecule has 0 bridgehead atoms. The molecule has 0 unspecified atom stereocenters. The second-order valence-electron chi connectivity index (χ2n) is 10.0. The highest BCUT2D eigenvalue weighted by Gasteiger charge is 2.31. The third-order valence-corrected chi connectivity index (χ3v) is 6.26. The molecule has 0 radical (unpaired) electrons. The predicted molar refractivity (Wildman–Crippen MR) is 153 cm³/mol. The van der Waals surface area contributed by atoms with Crippen molar-refractivity contribution in [1.29, 1.82) is 0 Å². The van der Waals surface area contributed by atoms with Crippen LogP contribution >= 0.6 is 0 Å². The van der Waals surface area contributed by atoms with Gasteiger partial charge in [0.15, 0.2) is 0 Å². The van der Waals surface area contributed by atoms with Gasteiger partial charge in [-0.2, -0.15) is 0 Å². The monoisotopic (exact) mass is 648 g/mol. The maximum atomic E-state index is 12.9. The van der Waals surface area contributed by atoms with E-state index in [1.54, 1.807) is 0 Å². The Hall–Kier alpha value is -4.40. The molecule has 6 amide bonds. The van der Waals surface area contributed by atoms with E-state index in [1.165, 1.54) is 6.92 Å². The van der Waals surface area contributed by atoms with Crippen LogP contribution in [-0.4, -0.2) is 124 Å². The Morgan fingerprint density at radius 3 is 1.58 bits per heavy atom. The van der Waals surface area contributed by atoms with Gasteiger partial charge in [0.2, 0.25) is 35.4 Å². The lowest BCUT2D eigenvalue weighted by Crippen LogP contribution is -2.59. The molecule has 45 heavy (non-hydrogen) atoms. The molecule has 15 N–H and O–H groups in total. The maximum Gasteiger partial charge on any atom is 0.328 e. The maximum absolute atomic E-state index is 12.9. The summed E-state index contributed by atoms with van der Waals surface area (Å²) in [7, 11) is 0. The third-order valence-electron chi connectivity index (χ3n) is 6.26. The van der Waals surface area contributed by atoms with Crippen LogP contribution < -0.4 is 43.8 Å². The van der Waals surface area contributed by atoms with Gasteiger partial charge in [-0.15, -0.1) is 0 Å². The highest BCUT2D eigenvalue weighted by atomic mass is 16.4. The van der Waals surface area contributed by atoms with E-state index < -0.39 is 110 Å². The van der Waals surface area contributed by atoms with E-state index in [9.17, 15) is 43.5 Å². The lowest BCUT2D eigenvalue weighted by molar-refractivity contribution is -0.144. The molecular weight excluding hydrogens is 604 g/mol. The van der Waals surface area contributed by atoms with Gasteiger partial charge >= 0.3 is 11.9 Å². The fourth-order valence-corrected chi connectivity index (χ4v) is 3.61. The molecule has 0 heterocycles. The summed E-state index contributed by atoms with van der Waals surface area (Å²) in [4.78, 5) is 96.8. The number of carbonyl (C=O) groups is 8. The summed E-state index contributed by atoms with van der Waals surface area (Å²) in [6, 6.07) is -8.80. The number of aliphatic hydroxyl groups excluding tert-OH is 2. The Bertz CT molecular complexity index is 1060. The number of unbranched alkanes of at least 4 members (excludes halogenated alkanes) is 1. The van der Waals surface area contributed by atoms with Gasteiger partial charge in [0, 0.05) is 12.8 Å². The summed E-state index contributed by atoms with van der Waals surface area (Å²) in [5.74, 6) is -8.63. The van der Waals surface area contributed by atoms with Gasteiger partial charge in [0.1, 0.15) is 30.2 Å². The first kappa shape index (κ1) is 40.6. The number of rotatable bonds is 23. The summed E-state index contributed by atoms with van der Waals surface area (Å²) < 4.78 is 0. The number of carbonyl (C=O) groups excluding carboxylic acids is 6. The summed E-state index contributed by atoms with van der Waals surface area (Å²) >= 11 is 0. The third kappa shape index (κ3) is 16.3. The highest BCUT2D eigenvalue weighted by molar-refractivity contribution is 5.96. The second-order valence-corrected chi connectivity index (χ2v) is 10.0. The SMILES string of the molecule is C[C@H](NC(=O)[C@H](CCC(N)=O)NC(=O)[C@@H](N)CCCCN)C(=O)N[C@@H](CO)C(=O)N[C@@H](CCC(=O)O)C(=O)N[C@@H](CO)C(=O)O. The van der Waals surface area contributed by atoms with Crippen molar-refractivity contribution in [1.82, 2.24) is 26.6 Å². The number of nitrogens with two attached hydrogens (primary N) is 3. The predicted octanol–water partition coefficient (Wildman–Crippen LogP) is -5.91. The fraction of sp³-hybridized carbons (Fsp3) is 0.680. The number of hydrogen-bond donors (Lipinski definition) is 12. The Labute approximate surface area is 258 Å². The van der Waals surface area contributed by atoms with Crippen LogP contribution in [0.1, 0.15) is 51.9 Å². The molecule has 20 heteroatoms. The van der Waals surface area contributed by atoms with Gasteiger partial charge in [-0.05, 0) is 39.2 Å². The van der Waals surface area contributed by atoms with Crippen molar-refractivity contribution in [2.45, 2.75) is 88.1 Å². The first-order chi connectivity index (χ1) is 21.1. The number of aliphatic hydroxyl groups is 2. The largest absolute Gasteiger partial charge is 0.481 e. The normalized spacial score (nSPS) is 14.8. The standard InChI is InChI=1S/C25H44N8O12/c1-12(29-22(41)14(5-7-18(28)36)30-21(40)13(27)4-2-3-9-26)20(39)32-16(10-34)24(43)31-15(6-8-19(37)38)23(42)33-17(11-35)25(44)45/h12-17,34-35H,2-11,26-27H2,1H3,(H2,28,36)(H,29,41)(H,30,40)(H,31,43)(H,32,39)(H,33,42)(H,37,38)(H,44,45)/t12-,13-,14-,15-,16-,17-/m0/s1. The highest BCUT2D eigenvalue weighted by Crippen LogP contribution is 2.04. The number of aliphatic carboxylic acids is 2. The van der Waals surface area contributed by atoms with Gasteiger partial charge in [-0.1, -0.05) is 6.42 Å². The topological polar surface area (TPSA) is 356 Å². The first-order valence-corrected chi connectivity index (χ1v) is 14.0. The van der Waals surface area contributed by atoms with Crippen LogP contribution in [0.5, 0.6) is 0 Å². The number of amides is 6. The molecular formula is C25H44N8O12. The van der Waals surface area contributed by atoms with Gasteiger partial charge in [0.05, 0.1) is 19.3 Å². The number of nitrogens with one attached hydrogen (secondary N) is 5. The van der Waals surface area contributed by atoms with Crippen molar-refractivity contribution in [3.63, 3.8) is 0 Å². The zero-order chi connectivity index (χ0) is 34.7. The average molecular weight is 649 g/mol. The van der Waals surface area contributed by atoms with E-state index in [4.69, 9.17) is 32.5 Å². The van der Waals surface area contributed by atoms with E-state index in [0.29, 0.717) is 19.4 Å². The van der Waals surface area contributed by atoms with Crippen molar-refractivity contribution in [3.05, 3.63) is 0 Å². The van der Waals surface area contributed by atoms with Crippen LogP contribution in [0.25, 0.3) is 0 Å². The van der Waals surface area contributed by atoms with E-state index in [0.717, 1.165) is 0 Å². The molecule has 256 valence electrons. The number of carboxylic acid groups (broad SMARTS) is 2. The molecule has 0 aromatic rings. The molecule has 0 aromatic heterocycles. The Balaban J connectivity index is 5.50. The number of primary amides is 1. The number of hydrogen-bond acceptors (Lipinski definition) is 12. The minimum atomic E-state index is -1.76. The lowest BCUT2D eigenvalue weighted by atomic mass is 10.1. The molecule has 0 spiro atoms. The lowest BCUT2D eigenvalue weighted by Gasteiger charge is -2.25. The van der Waals surface area contributed by atoms with E-state index in [1.807, 2.05) is 5.32 Å². The van der Waals surface area contributed by atoms with Crippen molar-refractivity contribution in [2.75, 3.05) is 19.8 Å². The van der Waals surface area contributed by atoms with Crippen LogP contribution in [0.4, 0.5) is 0 Å². The Morgan fingerprint density at radius 1 is 0.622 bits per heavy atom. The molecule has 6 atom stereocenters. The summed E-state index contributed by atoms with van der Waals surface area (Å²) in [5.41, 5.74) is 16.4. The molecule has 0 aliphatic carbocycles. The molecule has 0 fully saturated rings. The summed E-state index contributed by atoms with van der Waals surface area (Å²) in [6.45, 7) is -0.419. The zero-order valence-electron chi connectivity index (χ0n) is 24.8. The molecule has 0 saturated heterocycles. The molecule has 0 aliphatic rings. The smallest absolute Gasteiger partial charge is 0.328 e. The van der Waals surface area contributed by atoms with Crippen LogP contribution in [0.2, 0.25) is 0 Å². The van der Waals surface area contributed by atoms with Crippen molar-refractivity contribution in [3.8, 4) is 0 Å². The Kier molecular flexibility index (Phi) is 19.2. The van der Waals surface area contributed by atoms with Gasteiger partial charge < -0.3 is 64.2 Å². The fourth-order valence-electron chi connectivity index (χ4n) is 3.61. The van der Waals surface area contributed by atoms with Gasteiger partial charge in [-0.25, -0.2) is 4.79 Å². The average Bonchev–Trinajstić information content (AvgIpc) is 2.97. The molecule has 0 aromatic carbocycles. The first-order valence-electron chi connectivity index (χ1n) is 14.0. The van der Waals surface area contributed by atoms with Crippen molar-refractivity contribution >= 4 is 47.4 Å². The minimum Gasteiger partial charge on any atom is -0.481 e. The molecule has 0 saturated carbocycles. The number of carboxylic acids is 2. The van der Waals surface area contributed by atoms with E-state index in [-0.39, 0.29) is 19.3 Å². The second kappa shape index (κ2) is 21.3. The van der Waals surface area contributed by atoms with Crippen LogP contribution in [0.15, 0.2) is 0 Å². The zero-order valence-corrected chi connectivity index (χ0v) is 24.8. The molecule has 0 rings (SSSR count). The van der Waals surface area contributed by atoms with Crippen LogP contribution in [0.3, 0.4) is 0 Å². The van der Waals surface area contributed by atoms with E-state index in [2.05, 4.69) is 21.3 Å². The van der Waals surface area contributed by atoms with Gasteiger partial charge in [-0.3, -0.25) is 33.6 Å².